The van der Waals surface area contributed by atoms with Crippen LogP contribution < -0.4 is 0 Å². The number of ether oxygens (including phenoxy) is 3. The molecule has 0 aliphatic heterocycles. The van der Waals surface area contributed by atoms with Crippen molar-refractivity contribution in [1.82, 2.24) is 0 Å². The Hall–Kier alpha value is -4.83. The maximum atomic E-state index is 12.9. The van der Waals surface area contributed by atoms with Gasteiger partial charge in [0.15, 0.2) is 6.10 Å². The lowest BCUT2D eigenvalue weighted by atomic mass is 10.0. The molecule has 0 bridgehead atoms. The summed E-state index contributed by atoms with van der Waals surface area (Å²) in [5.41, 5.74) is 0. The number of esters is 3. The Labute approximate surface area is 676 Å². The topological polar surface area (TPSA) is 231 Å². The third-order valence-electron chi connectivity index (χ3n) is 18.2. The van der Waals surface area contributed by atoms with Gasteiger partial charge in [0.2, 0.25) is 0 Å². The Morgan fingerprint density at radius 3 is 0.766 bits per heavy atom. The van der Waals surface area contributed by atoms with Gasteiger partial charge in [0, 0.05) is 19.3 Å². The van der Waals surface area contributed by atoms with Crippen molar-refractivity contribution in [3.05, 3.63) is 158 Å². The Bertz CT molecular complexity index is 2650. The molecule has 4 N–H and O–H groups in total. The van der Waals surface area contributed by atoms with E-state index >= 15 is 0 Å². The molecule has 0 aromatic rings. The van der Waals surface area contributed by atoms with Crippen molar-refractivity contribution in [2.45, 2.75) is 373 Å². The van der Waals surface area contributed by atoms with E-state index in [1.54, 1.807) is 0 Å². The van der Waals surface area contributed by atoms with Crippen LogP contribution in [0.25, 0.3) is 0 Å². The zero-order chi connectivity index (χ0) is 80.8. The molecule has 0 aromatic carbocycles. The summed E-state index contributed by atoms with van der Waals surface area (Å²) in [5, 5.41) is 20.7. The molecule has 111 heavy (non-hydrogen) atoms. The lowest BCUT2D eigenvalue weighted by molar-refractivity contribution is -0.161. The summed E-state index contributed by atoms with van der Waals surface area (Å²) in [6, 6.07) is 0. The Morgan fingerprint density at radius 2 is 0.477 bits per heavy atom. The van der Waals surface area contributed by atoms with Crippen molar-refractivity contribution in [3.8, 4) is 0 Å². The van der Waals surface area contributed by atoms with E-state index in [1.165, 1.54) is 128 Å². The summed E-state index contributed by atoms with van der Waals surface area (Å²) in [4.78, 5) is 58.7. The average Bonchev–Trinajstić information content (AvgIpc) is 0.898. The minimum absolute atomic E-state index is 0.0909. The number of aliphatic hydroxyl groups is 2. The van der Waals surface area contributed by atoms with E-state index in [-0.39, 0.29) is 19.3 Å². The van der Waals surface area contributed by atoms with Crippen molar-refractivity contribution < 1.29 is 75.8 Å². The molecule has 0 rings (SSSR count). The van der Waals surface area contributed by atoms with Crippen LogP contribution in [0.1, 0.15) is 355 Å². The van der Waals surface area contributed by atoms with Gasteiger partial charge < -0.3 is 34.2 Å². The first-order valence-electron chi connectivity index (χ1n) is 43.8. The van der Waals surface area contributed by atoms with E-state index in [9.17, 15) is 43.5 Å². The third-order valence-corrected chi connectivity index (χ3v) is 20.1. The molecule has 0 aromatic heterocycles. The number of aliphatic hydroxyl groups excluding tert-OH is 2. The third kappa shape index (κ3) is 85.9. The molecule has 5 atom stereocenters. The molecule has 0 saturated heterocycles. The normalized spacial score (nSPS) is 14.6. The van der Waals surface area contributed by atoms with Gasteiger partial charge >= 0.3 is 33.6 Å². The van der Waals surface area contributed by atoms with Crippen LogP contribution in [0.5, 0.6) is 0 Å². The molecule has 0 radical (unpaired) electrons. The molecule has 0 aliphatic carbocycles. The van der Waals surface area contributed by atoms with Gasteiger partial charge in [-0.15, -0.1) is 0 Å². The first-order valence-corrected chi connectivity index (χ1v) is 46.8. The van der Waals surface area contributed by atoms with Crippen LogP contribution in [0, 0.1) is 0 Å². The van der Waals surface area contributed by atoms with Gasteiger partial charge in [-0.3, -0.25) is 32.5 Å². The van der Waals surface area contributed by atoms with Crippen LogP contribution in [-0.4, -0.2) is 95.9 Å². The lowest BCUT2D eigenvalue weighted by Gasteiger charge is -2.21. The number of phosphoric ester groups is 2. The van der Waals surface area contributed by atoms with Gasteiger partial charge in [-0.1, -0.05) is 352 Å². The number of rotatable bonds is 82. The van der Waals surface area contributed by atoms with Crippen molar-refractivity contribution in [2.24, 2.45) is 0 Å². The van der Waals surface area contributed by atoms with Crippen molar-refractivity contribution in [1.29, 1.82) is 0 Å². The maximum Gasteiger partial charge on any atom is 0.472 e. The monoisotopic (exact) mass is 1590 g/mol. The van der Waals surface area contributed by atoms with E-state index in [0.717, 1.165) is 167 Å². The molecular formula is C93H158O16P2. The lowest BCUT2D eigenvalue weighted by Crippen LogP contribution is -2.30. The van der Waals surface area contributed by atoms with Gasteiger partial charge in [-0.2, -0.15) is 0 Å². The fraction of sp³-hybridized carbons (Fsp3) is 0.688. The van der Waals surface area contributed by atoms with Crippen molar-refractivity contribution >= 4 is 33.6 Å². The summed E-state index contributed by atoms with van der Waals surface area (Å²) < 4.78 is 61.2. The SMILES string of the molecule is CC/C=C\C/C=C\C/C=C\C/C=C\C/C=C\C/C=C\CCCCCCCCCCCCCCCCCCC(=O)OCC(O)COP(=O)(O)OCC(O)COP(=O)(O)OCC(COC(=O)CCCCCCCCCCCC/C=C\C/C=C\C/C=C\C/C=C\C/C=C\C/C=C\CC)OC(=O)CCCCCCC/C=C\CCCC. The highest BCUT2D eigenvalue weighted by atomic mass is 31.2. The smallest absolute Gasteiger partial charge is 0.463 e. The molecule has 0 fully saturated rings. The van der Waals surface area contributed by atoms with Gasteiger partial charge in [0.25, 0.3) is 0 Å². The second-order valence-electron chi connectivity index (χ2n) is 28.9. The molecule has 0 saturated carbocycles. The van der Waals surface area contributed by atoms with Crippen LogP contribution in [0.4, 0.5) is 0 Å². The molecule has 5 unspecified atom stereocenters. The maximum absolute atomic E-state index is 12.9. The zero-order valence-electron chi connectivity index (χ0n) is 69.8. The molecular weight excluding hydrogens is 1430 g/mol. The second kappa shape index (κ2) is 84.6. The van der Waals surface area contributed by atoms with E-state index in [0.29, 0.717) is 19.3 Å². The van der Waals surface area contributed by atoms with Crippen LogP contribution in [-0.2, 0) is 55.8 Å². The number of carbonyl (C=O) groups is 3. The minimum Gasteiger partial charge on any atom is -0.463 e. The van der Waals surface area contributed by atoms with E-state index in [4.69, 9.17) is 32.3 Å². The summed E-state index contributed by atoms with van der Waals surface area (Å²) in [6.45, 7) is 2.42. The number of hydrogen-bond acceptors (Lipinski definition) is 14. The highest BCUT2D eigenvalue weighted by Crippen LogP contribution is 2.45. The van der Waals surface area contributed by atoms with Crippen LogP contribution in [0.3, 0.4) is 0 Å². The number of phosphoric acid groups is 2. The van der Waals surface area contributed by atoms with Crippen molar-refractivity contribution in [3.63, 3.8) is 0 Å². The summed E-state index contributed by atoms with van der Waals surface area (Å²) in [7, 11) is -9.80. The van der Waals surface area contributed by atoms with Gasteiger partial charge in [-0.25, -0.2) is 9.13 Å². The average molecular weight is 1590 g/mol. The first-order chi connectivity index (χ1) is 54.2. The Kier molecular flexibility index (Phi) is 80.9. The fourth-order valence-corrected chi connectivity index (χ4v) is 13.2. The predicted octanol–water partition coefficient (Wildman–Crippen LogP) is 26.5. The van der Waals surface area contributed by atoms with Crippen LogP contribution in [0.2, 0.25) is 0 Å². The quantitative estimate of drug-likeness (QED) is 0.0146. The molecule has 636 valence electrons. The zero-order valence-corrected chi connectivity index (χ0v) is 71.6. The second-order valence-corrected chi connectivity index (χ2v) is 31.8. The van der Waals surface area contributed by atoms with Gasteiger partial charge in [0.1, 0.15) is 25.4 Å². The largest absolute Gasteiger partial charge is 0.472 e. The number of allylic oxidation sites excluding steroid dienone is 26. The summed E-state index contributed by atoms with van der Waals surface area (Å²) >= 11 is 0. The number of hydrogen-bond donors (Lipinski definition) is 4. The standard InChI is InChI=1S/C93H158O16P2/c1-4-7-10-13-16-19-22-24-26-28-30-32-34-36-38-40-41-42-43-44-45-47-49-50-52-54-56-58-60-62-65-67-70-73-76-79-91(96)103-82-88(94)83-105-110(99,100)106-84-89(95)85-107-111(101,102)108-87-90(109-93(98)81-78-75-72-69-64-21-18-15-12-9-6-3)86-104-92(97)80-77-74-71-68-66-63-61-59-57-55-53-51-48-46-39-37-35-33-31-29-27-25-23-20-17-14-11-8-5-2/h7-8,10-11,15-20,24-27,30-33,36-39,41-42,48,51,88-90,94-95H,4-6,9,12-14,21-23,28-29,34-35,40,43-47,49-50,52-87H2,1-3H3,(H,99,100)(H,101,102)/b10-7-,11-8-,18-15-,19-16-,20-17-,26-24-,27-25-,32-30-,33-31-,38-36-,39-37-,42-41-,51-48-. The predicted molar refractivity (Wildman–Crippen MR) is 463 cm³/mol. The van der Waals surface area contributed by atoms with Gasteiger partial charge in [0.05, 0.1) is 26.4 Å². The molecule has 18 heteroatoms. The van der Waals surface area contributed by atoms with Crippen molar-refractivity contribution in [2.75, 3.05) is 39.6 Å². The Morgan fingerprint density at radius 1 is 0.261 bits per heavy atom. The Balaban J connectivity index is 4.36. The van der Waals surface area contributed by atoms with E-state index in [2.05, 4.69) is 179 Å². The molecule has 0 heterocycles. The minimum atomic E-state index is -4.93. The summed E-state index contributed by atoms with van der Waals surface area (Å²) in [6.07, 6.45) is 108. The molecule has 16 nitrogen and oxygen atoms in total. The fourth-order valence-electron chi connectivity index (χ4n) is 11.6. The number of unbranched alkanes of at least 4 members (excludes halogenated alkanes) is 33. The van der Waals surface area contributed by atoms with E-state index < -0.39 is 91.5 Å². The summed E-state index contributed by atoms with van der Waals surface area (Å²) in [5.74, 6) is -1.59. The molecule has 0 spiro atoms. The molecule has 0 amide bonds. The first kappa shape index (κ1) is 106. The van der Waals surface area contributed by atoms with Crippen LogP contribution in [0.15, 0.2) is 158 Å². The number of carbonyl (C=O) groups excluding carboxylic acids is 3. The molecule has 0 aliphatic rings. The van der Waals surface area contributed by atoms with Crippen LogP contribution >= 0.6 is 15.6 Å². The highest BCUT2D eigenvalue weighted by Gasteiger charge is 2.29. The highest BCUT2D eigenvalue weighted by molar-refractivity contribution is 7.47. The van der Waals surface area contributed by atoms with Gasteiger partial charge in [-0.05, 0) is 141 Å². The van der Waals surface area contributed by atoms with E-state index in [1.807, 2.05) is 0 Å².